The summed E-state index contributed by atoms with van der Waals surface area (Å²) in [6, 6.07) is 28.6. The normalized spacial score (nSPS) is 15.5. The van der Waals surface area contributed by atoms with Crippen molar-refractivity contribution in [3.63, 3.8) is 0 Å². The number of hydrogen-bond acceptors (Lipinski definition) is 3. The third-order valence-corrected chi connectivity index (χ3v) is 5.77. The Labute approximate surface area is 190 Å². The Morgan fingerprint density at radius 1 is 0.677 bits per heavy atom. The van der Waals surface area contributed by atoms with Crippen molar-refractivity contribution in [1.29, 1.82) is 0 Å². The predicted octanol–water partition coefficient (Wildman–Crippen LogP) is 7.10. The van der Waals surface area contributed by atoms with E-state index >= 15 is 0 Å². The maximum absolute atomic E-state index is 4.89. The number of benzene rings is 3. The minimum atomic E-state index is 0.0897. The molecule has 4 heteroatoms. The monoisotopic (exact) mass is 465 g/mol. The van der Waals surface area contributed by atoms with Crippen molar-refractivity contribution in [1.82, 2.24) is 15.0 Å². The van der Waals surface area contributed by atoms with Crippen molar-refractivity contribution in [3.05, 3.63) is 119 Å². The molecule has 1 aliphatic carbocycles. The second kappa shape index (κ2) is 8.78. The molecule has 0 bridgehead atoms. The lowest BCUT2D eigenvalue weighted by Gasteiger charge is -2.17. The molecule has 0 radical (unpaired) electrons. The Hall–Kier alpha value is -3.37. The van der Waals surface area contributed by atoms with Crippen LogP contribution in [0.5, 0.6) is 0 Å². The van der Waals surface area contributed by atoms with Crippen molar-refractivity contribution in [2.24, 2.45) is 0 Å². The molecule has 1 unspecified atom stereocenters. The summed E-state index contributed by atoms with van der Waals surface area (Å²) in [5, 5.41) is 0. The van der Waals surface area contributed by atoms with Crippen LogP contribution in [0.15, 0.2) is 108 Å². The zero-order chi connectivity index (χ0) is 21.0. The van der Waals surface area contributed by atoms with Gasteiger partial charge in [-0.1, -0.05) is 107 Å². The van der Waals surface area contributed by atoms with Crippen LogP contribution in [0, 0.1) is 0 Å². The molecule has 0 N–H and O–H groups in total. The van der Waals surface area contributed by atoms with E-state index in [0.717, 1.165) is 27.8 Å². The van der Waals surface area contributed by atoms with Crippen LogP contribution in [0.4, 0.5) is 0 Å². The van der Waals surface area contributed by atoms with Gasteiger partial charge < -0.3 is 0 Å². The standard InChI is InChI=1S/C27H20BrN3/c28-24-16-8-14-22(18-24)21-13-7-15-23(17-21)27-30-25(19-9-3-1-4-10-19)29-26(31-27)20-11-5-2-6-12-20/h1-14,16-18,23H,15H2. The highest BCUT2D eigenvalue weighted by atomic mass is 79.9. The lowest BCUT2D eigenvalue weighted by molar-refractivity contribution is 0.766. The summed E-state index contributed by atoms with van der Waals surface area (Å²) in [5.41, 5.74) is 4.34. The van der Waals surface area contributed by atoms with Gasteiger partial charge in [0.25, 0.3) is 0 Å². The number of rotatable bonds is 4. The van der Waals surface area contributed by atoms with E-state index in [1.807, 2.05) is 66.7 Å². The Balaban J connectivity index is 1.60. The van der Waals surface area contributed by atoms with E-state index in [1.54, 1.807) is 0 Å². The average molecular weight is 466 g/mol. The van der Waals surface area contributed by atoms with Crippen LogP contribution in [0.2, 0.25) is 0 Å². The molecular weight excluding hydrogens is 446 g/mol. The molecule has 3 aromatic carbocycles. The van der Waals surface area contributed by atoms with E-state index in [2.05, 4.69) is 52.4 Å². The van der Waals surface area contributed by atoms with Gasteiger partial charge in [0.15, 0.2) is 11.6 Å². The van der Waals surface area contributed by atoms with Crippen LogP contribution in [-0.2, 0) is 0 Å². The first-order valence-corrected chi connectivity index (χ1v) is 11.1. The molecule has 0 saturated carbocycles. The fourth-order valence-corrected chi connectivity index (χ4v) is 4.11. The number of halogens is 1. The SMILES string of the molecule is Brc1cccc(C2=CC(c3nc(-c4ccccc4)nc(-c4ccccc4)n3)CC=C2)c1. The van der Waals surface area contributed by atoms with Gasteiger partial charge in [0.05, 0.1) is 0 Å². The molecule has 4 aromatic rings. The number of allylic oxidation sites excluding steroid dienone is 4. The van der Waals surface area contributed by atoms with Crippen molar-refractivity contribution in [2.45, 2.75) is 12.3 Å². The second-order valence-electron chi connectivity index (χ2n) is 7.45. The molecule has 1 aromatic heterocycles. The lowest BCUT2D eigenvalue weighted by atomic mass is 9.91. The number of aromatic nitrogens is 3. The first kappa shape index (κ1) is 19.6. The molecular formula is C27H20BrN3. The van der Waals surface area contributed by atoms with Gasteiger partial charge >= 0.3 is 0 Å². The molecule has 0 amide bonds. The third-order valence-electron chi connectivity index (χ3n) is 5.27. The summed E-state index contributed by atoms with van der Waals surface area (Å²) in [6.45, 7) is 0. The van der Waals surface area contributed by atoms with Gasteiger partial charge in [-0.15, -0.1) is 0 Å². The fraction of sp³-hybridized carbons (Fsp3) is 0.0741. The van der Waals surface area contributed by atoms with Gasteiger partial charge in [0, 0.05) is 21.5 Å². The zero-order valence-corrected chi connectivity index (χ0v) is 18.4. The van der Waals surface area contributed by atoms with Gasteiger partial charge in [-0.05, 0) is 29.7 Å². The molecule has 0 fully saturated rings. The summed E-state index contributed by atoms with van der Waals surface area (Å²) in [7, 11) is 0. The van der Waals surface area contributed by atoms with Gasteiger partial charge in [-0.25, -0.2) is 15.0 Å². The van der Waals surface area contributed by atoms with Gasteiger partial charge in [0.1, 0.15) is 5.82 Å². The topological polar surface area (TPSA) is 38.7 Å². The highest BCUT2D eigenvalue weighted by Crippen LogP contribution is 2.32. The Morgan fingerprint density at radius 2 is 1.29 bits per heavy atom. The van der Waals surface area contributed by atoms with Gasteiger partial charge in [-0.2, -0.15) is 0 Å². The molecule has 31 heavy (non-hydrogen) atoms. The molecule has 150 valence electrons. The van der Waals surface area contributed by atoms with Crippen LogP contribution >= 0.6 is 15.9 Å². The van der Waals surface area contributed by atoms with Crippen molar-refractivity contribution in [3.8, 4) is 22.8 Å². The van der Waals surface area contributed by atoms with E-state index < -0.39 is 0 Å². The van der Waals surface area contributed by atoms with Gasteiger partial charge in [-0.3, -0.25) is 0 Å². The van der Waals surface area contributed by atoms with Crippen LogP contribution in [0.25, 0.3) is 28.3 Å². The summed E-state index contributed by atoms with van der Waals surface area (Å²) < 4.78 is 1.07. The predicted molar refractivity (Wildman–Crippen MR) is 129 cm³/mol. The summed E-state index contributed by atoms with van der Waals surface area (Å²) >= 11 is 3.58. The van der Waals surface area contributed by atoms with Crippen molar-refractivity contribution < 1.29 is 0 Å². The van der Waals surface area contributed by atoms with Crippen LogP contribution in [-0.4, -0.2) is 15.0 Å². The van der Waals surface area contributed by atoms with E-state index in [-0.39, 0.29) is 5.92 Å². The quantitative estimate of drug-likeness (QED) is 0.322. The molecule has 1 atom stereocenters. The highest BCUT2D eigenvalue weighted by Gasteiger charge is 2.19. The zero-order valence-electron chi connectivity index (χ0n) is 16.8. The Morgan fingerprint density at radius 3 is 1.90 bits per heavy atom. The molecule has 1 aliphatic rings. The minimum Gasteiger partial charge on any atom is -0.212 e. The number of hydrogen-bond donors (Lipinski definition) is 0. The van der Waals surface area contributed by atoms with Crippen LogP contribution < -0.4 is 0 Å². The average Bonchev–Trinajstić information content (AvgIpc) is 2.85. The molecule has 0 aliphatic heterocycles. The number of nitrogens with zero attached hydrogens (tertiary/aromatic N) is 3. The maximum Gasteiger partial charge on any atom is 0.163 e. The lowest BCUT2D eigenvalue weighted by Crippen LogP contribution is -2.08. The fourth-order valence-electron chi connectivity index (χ4n) is 3.71. The van der Waals surface area contributed by atoms with Crippen molar-refractivity contribution in [2.75, 3.05) is 0 Å². The van der Waals surface area contributed by atoms with E-state index in [9.17, 15) is 0 Å². The molecule has 0 saturated heterocycles. The third kappa shape index (κ3) is 4.39. The largest absolute Gasteiger partial charge is 0.212 e. The van der Waals surface area contributed by atoms with Crippen LogP contribution in [0.3, 0.4) is 0 Å². The first-order chi connectivity index (χ1) is 15.3. The summed E-state index contributed by atoms with van der Waals surface area (Å²) in [5.74, 6) is 2.30. The summed E-state index contributed by atoms with van der Waals surface area (Å²) in [6.07, 6.45) is 7.51. The highest BCUT2D eigenvalue weighted by molar-refractivity contribution is 9.10. The van der Waals surface area contributed by atoms with E-state index in [1.165, 1.54) is 11.1 Å². The van der Waals surface area contributed by atoms with E-state index in [4.69, 9.17) is 15.0 Å². The smallest absolute Gasteiger partial charge is 0.163 e. The maximum atomic E-state index is 4.89. The first-order valence-electron chi connectivity index (χ1n) is 10.3. The van der Waals surface area contributed by atoms with Crippen LogP contribution in [0.1, 0.15) is 23.7 Å². The minimum absolute atomic E-state index is 0.0897. The van der Waals surface area contributed by atoms with E-state index in [0.29, 0.717) is 11.6 Å². The Kier molecular flexibility index (Phi) is 5.55. The van der Waals surface area contributed by atoms with Gasteiger partial charge in [0.2, 0.25) is 0 Å². The molecule has 0 spiro atoms. The molecule has 3 nitrogen and oxygen atoms in total. The molecule has 1 heterocycles. The summed E-state index contributed by atoms with van der Waals surface area (Å²) in [4.78, 5) is 14.6. The van der Waals surface area contributed by atoms with Crippen molar-refractivity contribution >= 4 is 21.5 Å². The Bertz CT molecular complexity index is 1210. The molecule has 5 rings (SSSR count). The second-order valence-corrected chi connectivity index (χ2v) is 8.37.